The minimum atomic E-state index is 0.112. The quantitative estimate of drug-likeness (QED) is 0.637. The van der Waals surface area contributed by atoms with E-state index in [9.17, 15) is 0 Å². The second kappa shape index (κ2) is 3.39. The fourth-order valence-corrected chi connectivity index (χ4v) is 1.86. The molecule has 0 aliphatic carbocycles. The Kier molecular flexibility index (Phi) is 2.84. The Labute approximate surface area is 87.1 Å². The Morgan fingerprint density at radius 2 is 1.83 bits per heavy atom. The SMILES string of the molecule is CC(C)(C)c1cccc(Br)c1Cl. The molecule has 0 amide bonds. The van der Waals surface area contributed by atoms with Gasteiger partial charge in [-0.1, -0.05) is 44.5 Å². The predicted octanol–water partition coefficient (Wildman–Crippen LogP) is 4.40. The molecule has 0 heterocycles. The zero-order chi connectivity index (χ0) is 9.35. The minimum Gasteiger partial charge on any atom is -0.0828 e. The zero-order valence-electron chi connectivity index (χ0n) is 7.49. The molecular formula is C10H12BrCl. The van der Waals surface area contributed by atoms with Crippen LogP contribution in [0.25, 0.3) is 0 Å². The summed E-state index contributed by atoms with van der Waals surface area (Å²) in [5.74, 6) is 0. The maximum atomic E-state index is 6.13. The molecule has 0 unspecified atom stereocenters. The lowest BCUT2D eigenvalue weighted by Crippen LogP contribution is -2.11. The standard InChI is InChI=1S/C10H12BrCl/c1-10(2,3)7-5-4-6-8(11)9(7)12/h4-6H,1-3H3. The zero-order valence-corrected chi connectivity index (χ0v) is 9.83. The number of rotatable bonds is 0. The molecule has 12 heavy (non-hydrogen) atoms. The largest absolute Gasteiger partial charge is 0.0828 e. The van der Waals surface area contributed by atoms with Gasteiger partial charge in [-0.2, -0.15) is 0 Å². The topological polar surface area (TPSA) is 0 Å². The van der Waals surface area contributed by atoms with E-state index >= 15 is 0 Å². The third-order valence-corrected chi connectivity index (χ3v) is 3.06. The van der Waals surface area contributed by atoms with Crippen molar-refractivity contribution in [2.45, 2.75) is 26.2 Å². The first-order valence-electron chi connectivity index (χ1n) is 3.87. The maximum Gasteiger partial charge on any atom is 0.0585 e. The van der Waals surface area contributed by atoms with Gasteiger partial charge in [0.25, 0.3) is 0 Å². The molecule has 0 fully saturated rings. The molecule has 0 saturated heterocycles. The molecule has 0 spiro atoms. The molecule has 0 aromatic heterocycles. The average molecular weight is 248 g/mol. The van der Waals surface area contributed by atoms with E-state index in [1.54, 1.807) is 0 Å². The van der Waals surface area contributed by atoms with Gasteiger partial charge in [0, 0.05) is 4.47 Å². The van der Waals surface area contributed by atoms with E-state index in [0.29, 0.717) is 0 Å². The summed E-state index contributed by atoms with van der Waals surface area (Å²) in [6.45, 7) is 6.46. The van der Waals surface area contributed by atoms with Crippen molar-refractivity contribution in [3.05, 3.63) is 33.3 Å². The summed E-state index contributed by atoms with van der Waals surface area (Å²) in [5.41, 5.74) is 1.29. The Balaban J connectivity index is 3.26. The van der Waals surface area contributed by atoms with Gasteiger partial charge in [0.1, 0.15) is 0 Å². The van der Waals surface area contributed by atoms with Crippen LogP contribution in [0.2, 0.25) is 5.02 Å². The average Bonchev–Trinajstić information content (AvgIpc) is 1.92. The van der Waals surface area contributed by atoms with Gasteiger partial charge in [-0.25, -0.2) is 0 Å². The van der Waals surface area contributed by atoms with E-state index in [2.05, 4.69) is 42.8 Å². The Bertz CT molecular complexity index is 286. The second-order valence-corrected chi connectivity index (χ2v) is 5.08. The van der Waals surface area contributed by atoms with Crippen LogP contribution in [0.4, 0.5) is 0 Å². The first-order chi connectivity index (χ1) is 5.43. The molecule has 2 heteroatoms. The number of hydrogen-bond donors (Lipinski definition) is 0. The van der Waals surface area contributed by atoms with E-state index in [-0.39, 0.29) is 5.41 Å². The lowest BCUT2D eigenvalue weighted by atomic mass is 9.87. The summed E-state index contributed by atoms with van der Waals surface area (Å²) >= 11 is 9.54. The molecule has 0 atom stereocenters. The Morgan fingerprint density at radius 1 is 1.25 bits per heavy atom. The van der Waals surface area contributed by atoms with E-state index < -0.39 is 0 Å². The van der Waals surface area contributed by atoms with Crippen molar-refractivity contribution in [3.63, 3.8) is 0 Å². The molecule has 0 nitrogen and oxygen atoms in total. The summed E-state index contributed by atoms with van der Waals surface area (Å²) in [6.07, 6.45) is 0. The van der Waals surface area contributed by atoms with Crippen LogP contribution in [0, 0.1) is 0 Å². The van der Waals surface area contributed by atoms with Gasteiger partial charge >= 0.3 is 0 Å². The smallest absolute Gasteiger partial charge is 0.0585 e. The molecule has 1 aromatic carbocycles. The minimum absolute atomic E-state index is 0.112. The molecule has 66 valence electrons. The van der Waals surface area contributed by atoms with Crippen molar-refractivity contribution in [2.75, 3.05) is 0 Å². The van der Waals surface area contributed by atoms with E-state index in [0.717, 1.165) is 9.50 Å². The highest BCUT2D eigenvalue weighted by molar-refractivity contribution is 9.10. The maximum absolute atomic E-state index is 6.13. The van der Waals surface area contributed by atoms with Crippen molar-refractivity contribution in [2.24, 2.45) is 0 Å². The normalized spacial score (nSPS) is 11.8. The van der Waals surface area contributed by atoms with Crippen LogP contribution < -0.4 is 0 Å². The van der Waals surface area contributed by atoms with Crippen molar-refractivity contribution in [1.82, 2.24) is 0 Å². The molecule has 0 saturated carbocycles. The van der Waals surface area contributed by atoms with E-state index in [1.165, 1.54) is 5.56 Å². The van der Waals surface area contributed by atoms with Crippen molar-refractivity contribution >= 4 is 27.5 Å². The molecule has 0 aliphatic rings. The fourth-order valence-electron chi connectivity index (χ4n) is 1.08. The van der Waals surface area contributed by atoms with Crippen LogP contribution in [0.1, 0.15) is 26.3 Å². The molecule has 0 bridgehead atoms. The number of hydrogen-bond acceptors (Lipinski definition) is 0. The van der Waals surface area contributed by atoms with E-state index in [1.807, 2.05) is 12.1 Å². The van der Waals surface area contributed by atoms with Gasteiger partial charge in [0.2, 0.25) is 0 Å². The monoisotopic (exact) mass is 246 g/mol. The highest BCUT2D eigenvalue weighted by Gasteiger charge is 2.17. The van der Waals surface area contributed by atoms with Crippen molar-refractivity contribution in [3.8, 4) is 0 Å². The summed E-state index contributed by atoms with van der Waals surface area (Å²) in [5, 5.41) is 0.824. The Morgan fingerprint density at radius 3 is 2.25 bits per heavy atom. The van der Waals surface area contributed by atoms with Crippen LogP contribution in [-0.2, 0) is 5.41 Å². The summed E-state index contributed by atoms with van der Waals surface area (Å²) < 4.78 is 0.969. The molecule has 0 radical (unpaired) electrons. The lowest BCUT2D eigenvalue weighted by molar-refractivity contribution is 0.590. The predicted molar refractivity (Wildman–Crippen MR) is 57.9 cm³/mol. The molecule has 0 N–H and O–H groups in total. The third kappa shape index (κ3) is 2.02. The van der Waals surface area contributed by atoms with E-state index in [4.69, 9.17) is 11.6 Å². The van der Waals surface area contributed by atoms with Crippen molar-refractivity contribution in [1.29, 1.82) is 0 Å². The highest BCUT2D eigenvalue weighted by Crippen LogP contribution is 2.33. The highest BCUT2D eigenvalue weighted by atomic mass is 79.9. The summed E-state index contributed by atoms with van der Waals surface area (Å²) in [4.78, 5) is 0. The number of halogens is 2. The third-order valence-electron chi connectivity index (χ3n) is 1.76. The first-order valence-corrected chi connectivity index (χ1v) is 5.04. The van der Waals surface area contributed by atoms with Crippen LogP contribution in [-0.4, -0.2) is 0 Å². The molecule has 0 aliphatic heterocycles. The fraction of sp³-hybridized carbons (Fsp3) is 0.400. The van der Waals surface area contributed by atoms with Gasteiger partial charge in [-0.15, -0.1) is 0 Å². The van der Waals surface area contributed by atoms with Crippen LogP contribution in [0.3, 0.4) is 0 Å². The molecule has 1 rings (SSSR count). The van der Waals surface area contributed by atoms with Gasteiger partial charge in [0.15, 0.2) is 0 Å². The second-order valence-electron chi connectivity index (χ2n) is 3.85. The van der Waals surface area contributed by atoms with Gasteiger partial charge < -0.3 is 0 Å². The van der Waals surface area contributed by atoms with Crippen LogP contribution in [0.15, 0.2) is 22.7 Å². The van der Waals surface area contributed by atoms with Gasteiger partial charge in [-0.3, -0.25) is 0 Å². The molecular weight excluding hydrogens is 235 g/mol. The van der Waals surface area contributed by atoms with Gasteiger partial charge in [-0.05, 0) is 33.0 Å². The van der Waals surface area contributed by atoms with Gasteiger partial charge in [0.05, 0.1) is 5.02 Å². The van der Waals surface area contributed by atoms with Crippen LogP contribution >= 0.6 is 27.5 Å². The summed E-state index contributed by atoms with van der Waals surface area (Å²) in [6, 6.07) is 6.03. The van der Waals surface area contributed by atoms with Crippen molar-refractivity contribution < 1.29 is 0 Å². The summed E-state index contributed by atoms with van der Waals surface area (Å²) in [7, 11) is 0. The molecule has 1 aromatic rings. The number of benzene rings is 1. The lowest BCUT2D eigenvalue weighted by Gasteiger charge is -2.20. The van der Waals surface area contributed by atoms with Crippen LogP contribution in [0.5, 0.6) is 0 Å². The first kappa shape index (κ1) is 10.1. The Hall–Kier alpha value is -0.0100.